The molecule has 1 heterocycles. The molecule has 0 unspecified atom stereocenters. The number of halogens is 1. The number of aryl methyl sites for hydroxylation is 1. The highest BCUT2D eigenvalue weighted by Gasteiger charge is 2.36. The van der Waals surface area contributed by atoms with Crippen LogP contribution < -0.4 is 14.4 Å². The Morgan fingerprint density at radius 3 is 2.24 bits per heavy atom. The molecule has 0 saturated carbocycles. The van der Waals surface area contributed by atoms with Crippen molar-refractivity contribution < 1.29 is 14.3 Å². The van der Waals surface area contributed by atoms with Crippen LogP contribution in [-0.2, 0) is 11.2 Å². The summed E-state index contributed by atoms with van der Waals surface area (Å²) < 4.78 is 12.0. The van der Waals surface area contributed by atoms with E-state index in [2.05, 4.69) is 22.0 Å². The summed E-state index contributed by atoms with van der Waals surface area (Å²) in [7, 11) is 3.24. The van der Waals surface area contributed by atoms with E-state index in [1.54, 1.807) is 14.2 Å². The van der Waals surface area contributed by atoms with Crippen molar-refractivity contribution in [2.24, 2.45) is 0 Å². The highest BCUT2D eigenvalue weighted by molar-refractivity contribution is 9.10. The van der Waals surface area contributed by atoms with E-state index in [1.165, 1.54) is 0 Å². The lowest BCUT2D eigenvalue weighted by Gasteiger charge is -2.38. The Labute approximate surface area is 179 Å². The van der Waals surface area contributed by atoms with Crippen molar-refractivity contribution in [1.29, 1.82) is 0 Å². The van der Waals surface area contributed by atoms with Gasteiger partial charge in [-0.05, 0) is 53.9 Å². The quantitative estimate of drug-likeness (QED) is 0.528. The molecule has 148 valence electrons. The molecule has 1 aliphatic heterocycles. The van der Waals surface area contributed by atoms with Gasteiger partial charge in [0.05, 0.1) is 26.7 Å². The molecule has 1 amide bonds. The van der Waals surface area contributed by atoms with E-state index in [0.717, 1.165) is 32.4 Å². The zero-order valence-electron chi connectivity index (χ0n) is 16.6. The molecule has 1 atom stereocenters. The van der Waals surface area contributed by atoms with E-state index in [-0.39, 0.29) is 11.9 Å². The first kappa shape index (κ1) is 19.5. The van der Waals surface area contributed by atoms with Gasteiger partial charge in [0.2, 0.25) is 5.91 Å². The fourth-order valence-corrected chi connectivity index (χ4v) is 4.38. The summed E-state index contributed by atoms with van der Waals surface area (Å²) in [6.07, 6.45) is 0.310. The van der Waals surface area contributed by atoms with Crippen LogP contribution in [0.1, 0.15) is 28.3 Å². The molecular formula is C24H22BrNO3. The molecule has 1 aliphatic rings. The van der Waals surface area contributed by atoms with Crippen molar-refractivity contribution in [3.8, 4) is 11.5 Å². The normalized spacial score (nSPS) is 15.8. The maximum Gasteiger partial charge on any atom is 0.232 e. The zero-order chi connectivity index (χ0) is 20.5. The van der Waals surface area contributed by atoms with Gasteiger partial charge in [0, 0.05) is 10.2 Å². The lowest BCUT2D eigenvalue weighted by Crippen LogP contribution is -2.41. The molecule has 0 spiro atoms. The minimum atomic E-state index is -0.274. The van der Waals surface area contributed by atoms with Crippen LogP contribution >= 0.6 is 15.9 Å². The molecule has 0 N–H and O–H groups in total. The fraction of sp³-hybridized carbons (Fsp3) is 0.208. The van der Waals surface area contributed by atoms with Crippen molar-refractivity contribution in [3.05, 3.63) is 87.4 Å². The Morgan fingerprint density at radius 1 is 0.931 bits per heavy atom. The molecule has 0 radical (unpaired) electrons. The maximum absolute atomic E-state index is 13.3. The third kappa shape index (κ3) is 3.51. The van der Waals surface area contributed by atoms with Crippen molar-refractivity contribution in [3.63, 3.8) is 0 Å². The number of hydrogen-bond donors (Lipinski definition) is 0. The van der Waals surface area contributed by atoms with E-state index >= 15 is 0 Å². The number of benzene rings is 3. The molecule has 5 heteroatoms. The minimum Gasteiger partial charge on any atom is -0.493 e. The van der Waals surface area contributed by atoms with Crippen LogP contribution in [0.4, 0.5) is 5.69 Å². The molecule has 0 bridgehead atoms. The van der Waals surface area contributed by atoms with Gasteiger partial charge in [-0.2, -0.15) is 0 Å². The number of nitrogens with zero attached hydrogens (tertiary/aromatic N) is 1. The molecule has 4 rings (SSSR count). The molecular weight excluding hydrogens is 430 g/mol. The smallest absolute Gasteiger partial charge is 0.232 e. The number of amides is 1. The zero-order valence-corrected chi connectivity index (χ0v) is 18.2. The number of anilines is 1. The molecule has 3 aromatic rings. The van der Waals surface area contributed by atoms with Gasteiger partial charge in [0.25, 0.3) is 0 Å². The van der Waals surface area contributed by atoms with Gasteiger partial charge in [-0.25, -0.2) is 0 Å². The second-order valence-corrected chi connectivity index (χ2v) is 7.96. The predicted molar refractivity (Wildman–Crippen MR) is 118 cm³/mol. The second-order valence-electron chi connectivity index (χ2n) is 7.11. The largest absolute Gasteiger partial charge is 0.493 e. The van der Waals surface area contributed by atoms with Gasteiger partial charge in [0.1, 0.15) is 0 Å². The first-order chi connectivity index (χ1) is 14.0. The van der Waals surface area contributed by atoms with Crippen molar-refractivity contribution >= 4 is 27.5 Å². The van der Waals surface area contributed by atoms with Gasteiger partial charge in [-0.1, -0.05) is 51.8 Å². The van der Waals surface area contributed by atoms with Crippen LogP contribution in [0.2, 0.25) is 0 Å². The average Bonchev–Trinajstić information content (AvgIpc) is 2.73. The number of fused-ring (bicyclic) bond motifs is 1. The summed E-state index contributed by atoms with van der Waals surface area (Å²) in [6, 6.07) is 19.7. The topological polar surface area (TPSA) is 38.8 Å². The van der Waals surface area contributed by atoms with Gasteiger partial charge in [-0.3, -0.25) is 4.79 Å². The summed E-state index contributed by atoms with van der Waals surface area (Å²) in [4.78, 5) is 15.2. The molecule has 29 heavy (non-hydrogen) atoms. The van der Waals surface area contributed by atoms with Crippen LogP contribution in [0.25, 0.3) is 0 Å². The number of carbonyl (C=O) groups is 1. The van der Waals surface area contributed by atoms with Crippen molar-refractivity contribution in [2.75, 3.05) is 19.1 Å². The van der Waals surface area contributed by atoms with Crippen molar-refractivity contribution in [2.45, 2.75) is 19.4 Å². The summed E-state index contributed by atoms with van der Waals surface area (Å²) in [5, 5.41) is 0. The van der Waals surface area contributed by atoms with Crippen LogP contribution in [0.5, 0.6) is 11.5 Å². The van der Waals surface area contributed by atoms with Gasteiger partial charge < -0.3 is 14.4 Å². The number of ether oxygens (including phenoxy) is 2. The Morgan fingerprint density at radius 2 is 1.59 bits per heavy atom. The number of rotatable bonds is 4. The molecule has 3 aromatic carbocycles. The summed E-state index contributed by atoms with van der Waals surface area (Å²) >= 11 is 3.69. The standard InChI is InChI=1S/C24H22BrNO3/c1-15-8-10-17(11-9-15)26-23(27)13-16-12-21(28-2)22(29-3)14-19(16)24(26)18-6-4-5-7-20(18)25/h4-12,14,24H,13H2,1-3H3/t24-/m1/s1. The van der Waals surface area contributed by atoms with E-state index in [4.69, 9.17) is 9.47 Å². The van der Waals surface area contributed by atoms with Gasteiger partial charge in [0.15, 0.2) is 11.5 Å². The molecule has 4 nitrogen and oxygen atoms in total. The van der Waals surface area contributed by atoms with E-state index in [1.807, 2.05) is 66.4 Å². The summed E-state index contributed by atoms with van der Waals surface area (Å²) in [5.74, 6) is 1.34. The Hall–Kier alpha value is -2.79. The van der Waals surface area contributed by atoms with E-state index < -0.39 is 0 Å². The van der Waals surface area contributed by atoms with Crippen LogP contribution in [0, 0.1) is 6.92 Å². The SMILES string of the molecule is COc1cc2c(cc1OC)[C@@H](c1ccccc1Br)N(c1ccc(C)cc1)C(=O)C2. The average molecular weight is 452 g/mol. The van der Waals surface area contributed by atoms with Crippen LogP contribution in [0.15, 0.2) is 65.1 Å². The lowest BCUT2D eigenvalue weighted by atomic mass is 9.86. The monoisotopic (exact) mass is 451 g/mol. The third-order valence-electron chi connectivity index (χ3n) is 5.32. The first-order valence-corrected chi connectivity index (χ1v) is 10.2. The number of methoxy groups -OCH3 is 2. The summed E-state index contributed by atoms with van der Waals surface area (Å²) in [6.45, 7) is 2.04. The summed E-state index contributed by atoms with van der Waals surface area (Å²) in [5.41, 5.74) is 5.05. The van der Waals surface area contributed by atoms with Crippen molar-refractivity contribution in [1.82, 2.24) is 0 Å². The van der Waals surface area contributed by atoms with E-state index in [0.29, 0.717) is 17.9 Å². The Bertz CT molecular complexity index is 1060. The number of hydrogen-bond acceptors (Lipinski definition) is 3. The highest BCUT2D eigenvalue weighted by atomic mass is 79.9. The third-order valence-corrected chi connectivity index (χ3v) is 6.04. The van der Waals surface area contributed by atoms with Crippen LogP contribution in [0.3, 0.4) is 0 Å². The Kier molecular flexibility index (Phi) is 5.33. The molecule has 0 aliphatic carbocycles. The second kappa shape index (κ2) is 7.91. The predicted octanol–water partition coefficient (Wildman–Crippen LogP) is 5.45. The molecule has 0 aromatic heterocycles. The maximum atomic E-state index is 13.3. The first-order valence-electron chi connectivity index (χ1n) is 9.41. The van der Waals surface area contributed by atoms with Gasteiger partial charge >= 0.3 is 0 Å². The Balaban J connectivity index is 1.97. The van der Waals surface area contributed by atoms with Gasteiger partial charge in [-0.15, -0.1) is 0 Å². The fourth-order valence-electron chi connectivity index (χ4n) is 3.88. The lowest BCUT2D eigenvalue weighted by molar-refractivity contribution is -0.118. The minimum absolute atomic E-state index is 0.0503. The molecule has 0 saturated heterocycles. The molecule has 0 fully saturated rings. The number of carbonyl (C=O) groups excluding carboxylic acids is 1. The van der Waals surface area contributed by atoms with Crippen LogP contribution in [-0.4, -0.2) is 20.1 Å². The van der Waals surface area contributed by atoms with E-state index in [9.17, 15) is 4.79 Å². The highest BCUT2D eigenvalue weighted by Crippen LogP contribution is 2.44.